The summed E-state index contributed by atoms with van der Waals surface area (Å²) in [6.45, 7) is 0. The largest absolute Gasteiger partial charge is 0.508 e. The lowest BCUT2D eigenvalue weighted by atomic mass is 10.0. The Morgan fingerprint density at radius 2 is 1.12 bits per heavy atom. The van der Waals surface area contributed by atoms with Crippen LogP contribution in [0.4, 0.5) is 0 Å². The van der Waals surface area contributed by atoms with Crippen molar-refractivity contribution in [2.24, 2.45) is 0 Å². The van der Waals surface area contributed by atoms with Gasteiger partial charge in [-0.1, -0.05) is 11.6 Å². The van der Waals surface area contributed by atoms with E-state index in [0.717, 1.165) is 0 Å². The van der Waals surface area contributed by atoms with Gasteiger partial charge < -0.3 is 5.11 Å². The highest BCUT2D eigenvalue weighted by atomic mass is 35.5. The highest BCUT2D eigenvalue weighted by Crippen LogP contribution is 2.23. The first kappa shape index (κ1) is 17.2. The fraction of sp³-hybridized carbons (Fsp3) is 0. The van der Waals surface area contributed by atoms with Crippen LogP contribution in [-0.4, -0.2) is 19.3 Å². The van der Waals surface area contributed by atoms with E-state index in [2.05, 4.69) is 0 Å². The number of rotatable bonds is 4. The van der Waals surface area contributed by atoms with E-state index in [9.17, 15) is 18.3 Å². The van der Waals surface area contributed by atoms with Crippen LogP contribution >= 0.6 is 11.6 Å². The van der Waals surface area contributed by atoms with Crippen molar-refractivity contribution in [2.75, 3.05) is 0 Å². The van der Waals surface area contributed by atoms with Crippen molar-refractivity contribution in [1.82, 2.24) is 0 Å². The zero-order valence-corrected chi connectivity index (χ0v) is 14.5. The van der Waals surface area contributed by atoms with Gasteiger partial charge in [0.05, 0.1) is 9.79 Å². The van der Waals surface area contributed by atoms with Crippen molar-refractivity contribution in [2.45, 2.75) is 9.79 Å². The third kappa shape index (κ3) is 3.57. The maximum Gasteiger partial charge on any atom is 0.206 e. The molecule has 0 aliphatic heterocycles. The van der Waals surface area contributed by atoms with Crippen LogP contribution in [0.5, 0.6) is 5.75 Å². The second-order valence-electron chi connectivity index (χ2n) is 5.36. The Kier molecular flexibility index (Phi) is 4.61. The number of aromatic hydroxyl groups is 1. The van der Waals surface area contributed by atoms with Gasteiger partial charge in [0.2, 0.25) is 9.84 Å². The molecule has 3 aromatic rings. The number of carbonyl (C=O) groups is 1. The van der Waals surface area contributed by atoms with Gasteiger partial charge in [0, 0.05) is 16.1 Å². The number of sulfone groups is 1. The zero-order valence-electron chi connectivity index (χ0n) is 12.9. The molecule has 0 fully saturated rings. The van der Waals surface area contributed by atoms with E-state index in [1.165, 1.54) is 72.8 Å². The first-order chi connectivity index (χ1) is 11.9. The molecule has 126 valence electrons. The Morgan fingerprint density at radius 3 is 1.60 bits per heavy atom. The number of carbonyl (C=O) groups excluding carboxylic acids is 1. The van der Waals surface area contributed by atoms with E-state index in [1.54, 1.807) is 0 Å². The average Bonchev–Trinajstić information content (AvgIpc) is 2.62. The third-order valence-corrected chi connectivity index (χ3v) is 5.72. The predicted octanol–water partition coefficient (Wildman–Crippen LogP) is 4.11. The molecular weight excluding hydrogens is 360 g/mol. The minimum Gasteiger partial charge on any atom is -0.508 e. The van der Waals surface area contributed by atoms with Gasteiger partial charge in [-0.3, -0.25) is 4.79 Å². The first-order valence-corrected chi connectivity index (χ1v) is 9.18. The maximum atomic E-state index is 12.6. The minimum absolute atomic E-state index is 0.0703. The summed E-state index contributed by atoms with van der Waals surface area (Å²) in [5.74, 6) is -0.184. The molecule has 4 nitrogen and oxygen atoms in total. The molecule has 25 heavy (non-hydrogen) atoms. The Bertz CT molecular complexity index is 1010. The lowest BCUT2D eigenvalue weighted by Gasteiger charge is -2.06. The van der Waals surface area contributed by atoms with Crippen LogP contribution in [0.15, 0.2) is 82.6 Å². The molecule has 0 aromatic heterocycles. The molecule has 3 aromatic carbocycles. The molecule has 0 unspecified atom stereocenters. The normalized spacial score (nSPS) is 11.2. The van der Waals surface area contributed by atoms with E-state index in [-0.39, 0.29) is 21.3 Å². The standard InChI is InChI=1S/C19H13ClO4S/c20-15-5-11-18(12-6-15)25(23,24)17-9-3-14(4-10-17)19(22)13-1-7-16(21)8-2-13/h1-12,21H. The first-order valence-electron chi connectivity index (χ1n) is 7.32. The molecular formula is C19H13ClO4S. The molecule has 1 N–H and O–H groups in total. The third-order valence-electron chi connectivity index (χ3n) is 3.68. The van der Waals surface area contributed by atoms with Crippen LogP contribution in [-0.2, 0) is 9.84 Å². The average molecular weight is 373 g/mol. The molecule has 0 saturated carbocycles. The lowest BCUT2D eigenvalue weighted by molar-refractivity contribution is 0.103. The van der Waals surface area contributed by atoms with E-state index < -0.39 is 9.84 Å². The minimum atomic E-state index is -3.67. The Labute approximate surface area is 150 Å². The molecule has 0 bridgehead atoms. The number of ketones is 1. The summed E-state index contributed by atoms with van der Waals surface area (Å²) in [5, 5.41) is 9.73. The molecule has 0 atom stereocenters. The van der Waals surface area contributed by atoms with Crippen LogP contribution in [0.3, 0.4) is 0 Å². The van der Waals surface area contributed by atoms with Crippen molar-refractivity contribution in [1.29, 1.82) is 0 Å². The van der Waals surface area contributed by atoms with Crippen LogP contribution in [0.1, 0.15) is 15.9 Å². The number of halogens is 1. The summed E-state index contributed by atoms with van der Waals surface area (Å²) >= 11 is 5.78. The molecule has 0 saturated heterocycles. The SMILES string of the molecule is O=C(c1ccc(O)cc1)c1ccc(S(=O)(=O)c2ccc(Cl)cc2)cc1. The fourth-order valence-electron chi connectivity index (χ4n) is 2.31. The Morgan fingerprint density at radius 1 is 0.720 bits per heavy atom. The van der Waals surface area contributed by atoms with E-state index in [0.29, 0.717) is 16.1 Å². The smallest absolute Gasteiger partial charge is 0.206 e. The van der Waals surface area contributed by atoms with Crippen LogP contribution in [0, 0.1) is 0 Å². The van der Waals surface area contributed by atoms with Gasteiger partial charge in [0.25, 0.3) is 0 Å². The van der Waals surface area contributed by atoms with Crippen molar-refractivity contribution in [3.05, 3.63) is 88.9 Å². The van der Waals surface area contributed by atoms with Gasteiger partial charge in [-0.25, -0.2) is 8.42 Å². The summed E-state index contributed by atoms with van der Waals surface area (Å²) < 4.78 is 25.2. The van der Waals surface area contributed by atoms with Crippen LogP contribution in [0.2, 0.25) is 5.02 Å². The number of hydrogen-bond acceptors (Lipinski definition) is 4. The quantitative estimate of drug-likeness (QED) is 0.699. The molecule has 3 rings (SSSR count). The Balaban J connectivity index is 1.90. The van der Waals surface area contributed by atoms with E-state index >= 15 is 0 Å². The second-order valence-corrected chi connectivity index (χ2v) is 7.74. The molecule has 0 radical (unpaired) electrons. The summed E-state index contributed by atoms with van der Waals surface area (Å²) in [5.41, 5.74) is 0.770. The van der Waals surface area contributed by atoms with Crippen molar-refractivity contribution >= 4 is 27.2 Å². The summed E-state index contributed by atoms with van der Waals surface area (Å²) in [6.07, 6.45) is 0. The van der Waals surface area contributed by atoms with Crippen LogP contribution < -0.4 is 0 Å². The van der Waals surface area contributed by atoms with Gasteiger partial charge >= 0.3 is 0 Å². The maximum absolute atomic E-state index is 12.6. The number of benzene rings is 3. The van der Waals surface area contributed by atoms with E-state index in [4.69, 9.17) is 11.6 Å². The summed E-state index contributed by atoms with van der Waals surface area (Å²) in [7, 11) is -3.67. The molecule has 0 amide bonds. The molecule has 6 heteroatoms. The van der Waals surface area contributed by atoms with Crippen molar-refractivity contribution in [3.63, 3.8) is 0 Å². The molecule has 0 aliphatic rings. The van der Waals surface area contributed by atoms with Gasteiger partial charge in [-0.05, 0) is 72.8 Å². The Hall–Kier alpha value is -2.63. The molecule has 0 heterocycles. The second kappa shape index (κ2) is 6.70. The highest BCUT2D eigenvalue weighted by Gasteiger charge is 2.18. The molecule has 0 aliphatic carbocycles. The fourth-order valence-corrected chi connectivity index (χ4v) is 3.70. The summed E-state index contributed by atoms with van der Waals surface area (Å²) in [6, 6.07) is 17.5. The van der Waals surface area contributed by atoms with Gasteiger partial charge in [0.1, 0.15) is 5.75 Å². The zero-order chi connectivity index (χ0) is 18.0. The predicted molar refractivity (Wildman–Crippen MR) is 94.9 cm³/mol. The van der Waals surface area contributed by atoms with Gasteiger partial charge in [-0.15, -0.1) is 0 Å². The number of phenols is 1. The van der Waals surface area contributed by atoms with Gasteiger partial charge in [0.15, 0.2) is 5.78 Å². The number of hydrogen-bond donors (Lipinski definition) is 1. The van der Waals surface area contributed by atoms with Crippen molar-refractivity contribution < 1.29 is 18.3 Å². The topological polar surface area (TPSA) is 71.4 Å². The van der Waals surface area contributed by atoms with Gasteiger partial charge in [-0.2, -0.15) is 0 Å². The monoisotopic (exact) mass is 372 g/mol. The van der Waals surface area contributed by atoms with E-state index in [1.807, 2.05) is 0 Å². The number of phenolic OH excluding ortho intramolecular Hbond substituents is 1. The lowest BCUT2D eigenvalue weighted by Crippen LogP contribution is -2.04. The summed E-state index contributed by atoms with van der Waals surface area (Å²) in [4.78, 5) is 12.6. The highest BCUT2D eigenvalue weighted by molar-refractivity contribution is 7.91. The van der Waals surface area contributed by atoms with Crippen LogP contribution in [0.25, 0.3) is 0 Å². The molecule has 0 spiro atoms. The van der Waals surface area contributed by atoms with Crippen molar-refractivity contribution in [3.8, 4) is 5.75 Å².